The SMILES string of the molecule is CC(=O)Nc1ccn(C(=O)N2CCC3(CC2)CN(Cc2ccc(C(N)=O)c(C(F)(F)F)c2)C3)n1. The summed E-state index contributed by atoms with van der Waals surface area (Å²) in [6, 6.07) is 4.91. The third-order valence-electron chi connectivity index (χ3n) is 6.36. The van der Waals surface area contributed by atoms with Crippen LogP contribution in [-0.2, 0) is 17.5 Å². The van der Waals surface area contributed by atoms with Crippen LogP contribution in [-0.4, -0.2) is 63.6 Å². The van der Waals surface area contributed by atoms with Crippen molar-refractivity contribution in [1.82, 2.24) is 19.6 Å². The number of nitrogens with zero attached hydrogens (tertiary/aromatic N) is 4. The van der Waals surface area contributed by atoms with Crippen molar-refractivity contribution in [3.63, 3.8) is 0 Å². The minimum absolute atomic E-state index is 0.0300. The van der Waals surface area contributed by atoms with Crippen LogP contribution in [0.15, 0.2) is 30.5 Å². The van der Waals surface area contributed by atoms with Crippen LogP contribution in [0.2, 0.25) is 0 Å². The van der Waals surface area contributed by atoms with E-state index in [4.69, 9.17) is 5.73 Å². The van der Waals surface area contributed by atoms with Gasteiger partial charge in [0, 0.05) is 51.9 Å². The molecule has 3 N–H and O–H groups in total. The Morgan fingerprint density at radius 2 is 1.82 bits per heavy atom. The molecule has 2 fully saturated rings. The van der Waals surface area contributed by atoms with Gasteiger partial charge in [-0.05, 0) is 36.0 Å². The standard InChI is InChI=1S/C22H25F3N6O3/c1-14(32)27-18-4-7-31(28-18)20(34)30-8-5-21(6-9-30)12-29(13-21)11-15-2-3-16(19(26)33)17(10-15)22(23,24)25/h2-4,7,10H,5-6,8-9,11-13H2,1H3,(H2,26,33)(H,27,28,32). The molecule has 0 aliphatic carbocycles. The molecule has 3 amide bonds. The summed E-state index contributed by atoms with van der Waals surface area (Å²) in [5, 5.41) is 6.60. The molecule has 4 rings (SSSR count). The number of rotatable bonds is 4. The highest BCUT2D eigenvalue weighted by Gasteiger charge is 2.45. The number of piperidine rings is 1. The molecule has 2 saturated heterocycles. The van der Waals surface area contributed by atoms with E-state index in [0.29, 0.717) is 31.0 Å². The Morgan fingerprint density at radius 3 is 2.41 bits per heavy atom. The number of hydrogen-bond donors (Lipinski definition) is 2. The second kappa shape index (κ2) is 8.75. The van der Waals surface area contributed by atoms with Gasteiger partial charge in [-0.1, -0.05) is 6.07 Å². The highest BCUT2D eigenvalue weighted by Crippen LogP contribution is 2.41. The molecular weight excluding hydrogens is 453 g/mol. The van der Waals surface area contributed by atoms with Crippen molar-refractivity contribution in [2.75, 3.05) is 31.5 Å². The van der Waals surface area contributed by atoms with E-state index in [-0.39, 0.29) is 17.4 Å². The van der Waals surface area contributed by atoms with Gasteiger partial charge in [0.1, 0.15) is 0 Å². The molecule has 0 radical (unpaired) electrons. The molecule has 9 nitrogen and oxygen atoms in total. The number of carbonyl (C=O) groups is 3. The predicted octanol–water partition coefficient (Wildman–Crippen LogP) is 2.53. The maximum Gasteiger partial charge on any atom is 0.417 e. The van der Waals surface area contributed by atoms with Gasteiger partial charge in [-0.2, -0.15) is 17.9 Å². The highest BCUT2D eigenvalue weighted by molar-refractivity contribution is 5.94. The number of hydrogen-bond acceptors (Lipinski definition) is 5. The zero-order valence-corrected chi connectivity index (χ0v) is 18.6. The molecule has 3 heterocycles. The summed E-state index contributed by atoms with van der Waals surface area (Å²) in [4.78, 5) is 38.9. The average Bonchev–Trinajstić information content (AvgIpc) is 3.19. The van der Waals surface area contributed by atoms with E-state index in [1.54, 1.807) is 11.0 Å². The summed E-state index contributed by atoms with van der Waals surface area (Å²) < 4.78 is 41.1. The summed E-state index contributed by atoms with van der Waals surface area (Å²) in [5.41, 5.74) is 4.03. The number of benzene rings is 1. The molecule has 0 unspecified atom stereocenters. The number of carbonyl (C=O) groups excluding carboxylic acids is 3. The maximum atomic E-state index is 13.3. The fraction of sp³-hybridized carbons (Fsp3) is 0.455. The van der Waals surface area contributed by atoms with Gasteiger partial charge < -0.3 is 16.0 Å². The van der Waals surface area contributed by atoms with Gasteiger partial charge in [0.2, 0.25) is 11.8 Å². The van der Waals surface area contributed by atoms with Crippen LogP contribution < -0.4 is 11.1 Å². The van der Waals surface area contributed by atoms with Crippen molar-refractivity contribution in [3.8, 4) is 0 Å². The van der Waals surface area contributed by atoms with Crippen LogP contribution in [0.1, 0.15) is 41.3 Å². The smallest absolute Gasteiger partial charge is 0.366 e. The molecule has 1 spiro atoms. The van der Waals surface area contributed by atoms with E-state index < -0.39 is 23.2 Å². The van der Waals surface area contributed by atoms with Gasteiger partial charge in [-0.3, -0.25) is 14.5 Å². The third-order valence-corrected chi connectivity index (χ3v) is 6.36. The Hall–Kier alpha value is -3.41. The lowest BCUT2D eigenvalue weighted by Crippen LogP contribution is -2.60. The zero-order valence-electron chi connectivity index (χ0n) is 18.6. The molecule has 0 atom stereocenters. The molecule has 1 aromatic heterocycles. The maximum absolute atomic E-state index is 13.3. The first kappa shape index (κ1) is 23.7. The van der Waals surface area contributed by atoms with Gasteiger partial charge in [-0.15, -0.1) is 5.10 Å². The molecule has 2 aromatic rings. The van der Waals surface area contributed by atoms with Gasteiger partial charge in [0.15, 0.2) is 5.82 Å². The van der Waals surface area contributed by atoms with E-state index >= 15 is 0 Å². The lowest BCUT2D eigenvalue weighted by Gasteiger charge is -2.54. The number of halogens is 3. The number of amides is 3. The van der Waals surface area contributed by atoms with Crippen molar-refractivity contribution in [3.05, 3.63) is 47.2 Å². The first-order chi connectivity index (χ1) is 16.0. The molecule has 0 bridgehead atoms. The molecule has 1 aromatic carbocycles. The summed E-state index contributed by atoms with van der Waals surface area (Å²) in [5.74, 6) is -1.07. The second-order valence-electron chi connectivity index (χ2n) is 8.98. The topological polar surface area (TPSA) is 114 Å². The third kappa shape index (κ3) is 4.91. The number of alkyl halides is 3. The molecule has 12 heteroatoms. The summed E-state index contributed by atoms with van der Waals surface area (Å²) >= 11 is 0. The van der Waals surface area contributed by atoms with Crippen molar-refractivity contribution in [2.45, 2.75) is 32.5 Å². The van der Waals surface area contributed by atoms with E-state index in [2.05, 4.69) is 15.3 Å². The number of likely N-dealkylation sites (tertiary alicyclic amines) is 2. The van der Waals surface area contributed by atoms with E-state index in [0.717, 1.165) is 38.1 Å². The van der Waals surface area contributed by atoms with Gasteiger partial charge in [-0.25, -0.2) is 4.79 Å². The van der Waals surface area contributed by atoms with Crippen LogP contribution in [0.25, 0.3) is 0 Å². The van der Waals surface area contributed by atoms with Crippen molar-refractivity contribution in [1.29, 1.82) is 0 Å². The molecule has 0 saturated carbocycles. The molecule has 2 aliphatic rings. The Balaban J connectivity index is 1.31. The Kier molecular flexibility index (Phi) is 6.11. The van der Waals surface area contributed by atoms with Crippen molar-refractivity contribution < 1.29 is 27.6 Å². The van der Waals surface area contributed by atoms with E-state index in [1.165, 1.54) is 23.9 Å². The first-order valence-corrected chi connectivity index (χ1v) is 10.8. The first-order valence-electron chi connectivity index (χ1n) is 10.8. The van der Waals surface area contributed by atoms with E-state index in [9.17, 15) is 27.6 Å². The lowest BCUT2D eigenvalue weighted by molar-refractivity contribution is -0.138. The quantitative estimate of drug-likeness (QED) is 0.701. The fourth-order valence-electron chi connectivity index (χ4n) is 4.72. The number of anilines is 1. The minimum atomic E-state index is -4.66. The zero-order chi connectivity index (χ0) is 24.7. The normalized spacial score (nSPS) is 17.9. The molecule has 182 valence electrons. The molecule has 2 aliphatic heterocycles. The fourth-order valence-corrected chi connectivity index (χ4v) is 4.72. The number of primary amides is 1. The molecule has 34 heavy (non-hydrogen) atoms. The van der Waals surface area contributed by atoms with Crippen molar-refractivity contribution >= 4 is 23.7 Å². The number of aromatic nitrogens is 2. The average molecular weight is 478 g/mol. The van der Waals surface area contributed by atoms with Gasteiger partial charge >= 0.3 is 12.2 Å². The molecular formula is C22H25F3N6O3. The van der Waals surface area contributed by atoms with Crippen LogP contribution in [0.5, 0.6) is 0 Å². The van der Waals surface area contributed by atoms with Gasteiger partial charge in [0.25, 0.3) is 0 Å². The second-order valence-corrected chi connectivity index (χ2v) is 8.98. The summed E-state index contributed by atoms with van der Waals surface area (Å²) in [6.45, 7) is 4.25. The van der Waals surface area contributed by atoms with Crippen LogP contribution in [0.4, 0.5) is 23.8 Å². The monoisotopic (exact) mass is 478 g/mol. The minimum Gasteiger partial charge on any atom is -0.366 e. The van der Waals surface area contributed by atoms with E-state index in [1.807, 2.05) is 0 Å². The number of nitrogens with one attached hydrogen (secondary N) is 1. The van der Waals surface area contributed by atoms with Gasteiger partial charge in [0.05, 0.1) is 11.1 Å². The largest absolute Gasteiger partial charge is 0.417 e. The summed E-state index contributed by atoms with van der Waals surface area (Å²) in [6.07, 6.45) is -1.60. The van der Waals surface area contributed by atoms with Crippen LogP contribution >= 0.6 is 0 Å². The Labute approximate surface area is 193 Å². The summed E-state index contributed by atoms with van der Waals surface area (Å²) in [7, 11) is 0. The Morgan fingerprint density at radius 1 is 1.15 bits per heavy atom. The van der Waals surface area contributed by atoms with Crippen molar-refractivity contribution in [2.24, 2.45) is 11.1 Å². The Bertz CT molecular complexity index is 1110. The van der Waals surface area contributed by atoms with Crippen LogP contribution in [0, 0.1) is 5.41 Å². The lowest BCUT2D eigenvalue weighted by atomic mass is 9.72. The predicted molar refractivity (Wildman–Crippen MR) is 116 cm³/mol. The highest BCUT2D eigenvalue weighted by atomic mass is 19.4. The number of nitrogens with two attached hydrogens (primary N) is 1. The van der Waals surface area contributed by atoms with Crippen LogP contribution in [0.3, 0.4) is 0 Å².